The monoisotopic (exact) mass is 381 g/mol. The number of carbonyl (C=O) groups excluding carboxylic acids is 1. The zero-order valence-electron chi connectivity index (χ0n) is 15.7. The molecule has 6 heteroatoms. The molecule has 1 amide bonds. The molecule has 0 aliphatic carbocycles. The predicted molar refractivity (Wildman–Crippen MR) is 110 cm³/mol. The smallest absolute Gasteiger partial charge is 0.237 e. The molecule has 5 nitrogen and oxygen atoms in total. The Balaban J connectivity index is 1.73. The summed E-state index contributed by atoms with van der Waals surface area (Å²) in [5.74, 6) is 1.18. The van der Waals surface area contributed by atoms with Crippen LogP contribution in [0.3, 0.4) is 0 Å². The molecule has 0 spiro atoms. The van der Waals surface area contributed by atoms with Crippen molar-refractivity contribution in [2.75, 3.05) is 17.8 Å². The van der Waals surface area contributed by atoms with E-state index in [0.717, 1.165) is 22.3 Å². The number of amides is 1. The minimum atomic E-state index is 0.0606. The first-order chi connectivity index (χ1) is 13.1. The van der Waals surface area contributed by atoms with Crippen LogP contribution >= 0.6 is 11.8 Å². The number of hydrogen-bond donors (Lipinski definition) is 0. The van der Waals surface area contributed by atoms with Gasteiger partial charge in [-0.05, 0) is 50.2 Å². The van der Waals surface area contributed by atoms with E-state index in [4.69, 9.17) is 4.74 Å². The Labute approximate surface area is 164 Å². The Morgan fingerprint density at radius 2 is 1.85 bits per heavy atom. The number of anilines is 1. The van der Waals surface area contributed by atoms with E-state index in [2.05, 4.69) is 4.98 Å². The number of thioether (sulfide) groups is 1. The van der Waals surface area contributed by atoms with Crippen LogP contribution in [0.4, 0.5) is 5.69 Å². The summed E-state index contributed by atoms with van der Waals surface area (Å²) in [6.07, 6.45) is 3.64. The van der Waals surface area contributed by atoms with Crippen molar-refractivity contribution in [3.05, 3.63) is 67.0 Å². The third-order valence-electron chi connectivity index (χ3n) is 4.10. The highest BCUT2D eigenvalue weighted by Gasteiger charge is 2.20. The summed E-state index contributed by atoms with van der Waals surface area (Å²) in [5, 5.41) is 0.783. The molecule has 0 unspecified atom stereocenters. The first kappa shape index (κ1) is 19.0. The number of nitrogens with zero attached hydrogens (tertiary/aromatic N) is 3. The number of aromatic nitrogens is 2. The van der Waals surface area contributed by atoms with E-state index >= 15 is 0 Å². The molecule has 140 valence electrons. The standard InChI is InChI=1S/C21H23N3O2S/c1-16(2)24(18-7-5-4-6-8-18)20(25)15-27-21-22-13-14-23(21)17-9-11-19(26-3)12-10-17/h4-14,16H,15H2,1-3H3. The molecule has 0 fully saturated rings. The first-order valence-corrected chi connectivity index (χ1v) is 9.76. The third kappa shape index (κ3) is 4.52. The number of carbonyl (C=O) groups is 1. The number of ether oxygens (including phenoxy) is 1. The van der Waals surface area contributed by atoms with Gasteiger partial charge < -0.3 is 9.64 Å². The van der Waals surface area contributed by atoms with E-state index in [1.807, 2.05) is 84.1 Å². The van der Waals surface area contributed by atoms with Gasteiger partial charge in [0.2, 0.25) is 5.91 Å². The highest BCUT2D eigenvalue weighted by molar-refractivity contribution is 7.99. The lowest BCUT2D eigenvalue weighted by molar-refractivity contribution is -0.116. The zero-order chi connectivity index (χ0) is 19.2. The highest BCUT2D eigenvalue weighted by atomic mass is 32.2. The Hall–Kier alpha value is -2.73. The van der Waals surface area contributed by atoms with Crippen LogP contribution in [-0.4, -0.2) is 34.4 Å². The van der Waals surface area contributed by atoms with E-state index in [1.54, 1.807) is 13.3 Å². The van der Waals surface area contributed by atoms with Gasteiger partial charge in [0.05, 0.1) is 12.9 Å². The second-order valence-electron chi connectivity index (χ2n) is 6.26. The Morgan fingerprint density at radius 3 is 2.48 bits per heavy atom. The zero-order valence-corrected chi connectivity index (χ0v) is 16.5. The predicted octanol–water partition coefficient (Wildman–Crippen LogP) is 4.41. The molecule has 0 saturated carbocycles. The van der Waals surface area contributed by atoms with Gasteiger partial charge in [-0.25, -0.2) is 4.98 Å². The van der Waals surface area contributed by atoms with Crippen LogP contribution in [0, 0.1) is 0 Å². The van der Waals surface area contributed by atoms with Gasteiger partial charge in [0.1, 0.15) is 5.75 Å². The van der Waals surface area contributed by atoms with Crippen molar-refractivity contribution >= 4 is 23.4 Å². The fraction of sp³-hybridized carbons (Fsp3) is 0.238. The van der Waals surface area contributed by atoms with E-state index in [-0.39, 0.29) is 11.9 Å². The number of methoxy groups -OCH3 is 1. The Morgan fingerprint density at radius 1 is 1.15 bits per heavy atom. The molecule has 0 saturated heterocycles. The molecular weight excluding hydrogens is 358 g/mol. The van der Waals surface area contributed by atoms with Crippen molar-refractivity contribution in [1.82, 2.24) is 9.55 Å². The van der Waals surface area contributed by atoms with Crippen molar-refractivity contribution in [3.63, 3.8) is 0 Å². The van der Waals surface area contributed by atoms with Crippen molar-refractivity contribution < 1.29 is 9.53 Å². The number of hydrogen-bond acceptors (Lipinski definition) is 4. The Bertz CT molecular complexity index is 876. The van der Waals surface area contributed by atoms with Crippen LogP contribution in [-0.2, 0) is 4.79 Å². The third-order valence-corrected chi connectivity index (χ3v) is 5.05. The lowest BCUT2D eigenvalue weighted by atomic mass is 10.2. The van der Waals surface area contributed by atoms with Crippen molar-refractivity contribution in [3.8, 4) is 11.4 Å². The lowest BCUT2D eigenvalue weighted by Gasteiger charge is -2.26. The summed E-state index contributed by atoms with van der Waals surface area (Å²) in [4.78, 5) is 19.1. The summed E-state index contributed by atoms with van der Waals surface area (Å²) >= 11 is 1.44. The summed E-state index contributed by atoms with van der Waals surface area (Å²) < 4.78 is 7.18. The van der Waals surface area contributed by atoms with Crippen molar-refractivity contribution in [2.45, 2.75) is 25.0 Å². The number of imidazole rings is 1. The van der Waals surface area contributed by atoms with Crippen molar-refractivity contribution in [2.24, 2.45) is 0 Å². The van der Waals surface area contributed by atoms with E-state index in [1.165, 1.54) is 11.8 Å². The maximum absolute atomic E-state index is 12.9. The van der Waals surface area contributed by atoms with Gasteiger partial charge in [-0.3, -0.25) is 9.36 Å². The molecule has 1 heterocycles. The van der Waals surface area contributed by atoms with Gasteiger partial charge in [-0.2, -0.15) is 0 Å². The fourth-order valence-corrected chi connectivity index (χ4v) is 3.68. The van der Waals surface area contributed by atoms with Crippen LogP contribution in [0.25, 0.3) is 5.69 Å². The first-order valence-electron chi connectivity index (χ1n) is 8.78. The molecule has 27 heavy (non-hydrogen) atoms. The minimum Gasteiger partial charge on any atom is -0.497 e. The topological polar surface area (TPSA) is 47.4 Å². The van der Waals surface area contributed by atoms with Crippen LogP contribution in [0.15, 0.2) is 72.1 Å². The van der Waals surface area contributed by atoms with Gasteiger partial charge in [-0.1, -0.05) is 30.0 Å². The molecule has 0 atom stereocenters. The van der Waals surface area contributed by atoms with E-state index in [0.29, 0.717) is 5.75 Å². The van der Waals surface area contributed by atoms with Gasteiger partial charge in [-0.15, -0.1) is 0 Å². The minimum absolute atomic E-state index is 0.0606. The molecule has 0 aliphatic heterocycles. The summed E-state index contributed by atoms with van der Waals surface area (Å²) in [6, 6.07) is 17.6. The molecular formula is C21H23N3O2S. The molecule has 0 bridgehead atoms. The summed E-state index contributed by atoms with van der Waals surface area (Å²) in [5.41, 5.74) is 1.89. The van der Waals surface area contributed by atoms with Gasteiger partial charge in [0.15, 0.2) is 5.16 Å². The highest BCUT2D eigenvalue weighted by Crippen LogP contribution is 2.24. The maximum Gasteiger partial charge on any atom is 0.237 e. The quantitative estimate of drug-likeness (QED) is 0.569. The van der Waals surface area contributed by atoms with Gasteiger partial charge in [0, 0.05) is 29.8 Å². The number of para-hydroxylation sites is 1. The molecule has 0 radical (unpaired) electrons. The molecule has 1 aromatic heterocycles. The molecule has 0 N–H and O–H groups in total. The van der Waals surface area contributed by atoms with Crippen LogP contribution in [0.1, 0.15) is 13.8 Å². The van der Waals surface area contributed by atoms with Crippen molar-refractivity contribution in [1.29, 1.82) is 0 Å². The fourth-order valence-electron chi connectivity index (χ4n) is 2.85. The number of rotatable bonds is 7. The van der Waals surface area contributed by atoms with Crippen LogP contribution < -0.4 is 9.64 Å². The number of benzene rings is 2. The summed E-state index contributed by atoms with van der Waals surface area (Å²) in [6.45, 7) is 4.04. The average molecular weight is 382 g/mol. The molecule has 0 aliphatic rings. The Kier molecular flexibility index (Phi) is 6.19. The largest absolute Gasteiger partial charge is 0.497 e. The SMILES string of the molecule is COc1ccc(-n2ccnc2SCC(=O)N(c2ccccc2)C(C)C)cc1. The van der Waals surface area contributed by atoms with E-state index in [9.17, 15) is 4.79 Å². The molecule has 3 rings (SSSR count). The summed E-state index contributed by atoms with van der Waals surface area (Å²) in [7, 11) is 1.65. The second kappa shape index (κ2) is 8.77. The normalized spacial score (nSPS) is 10.8. The molecule has 2 aromatic carbocycles. The van der Waals surface area contributed by atoms with Crippen LogP contribution in [0.2, 0.25) is 0 Å². The van der Waals surface area contributed by atoms with Crippen LogP contribution in [0.5, 0.6) is 5.75 Å². The van der Waals surface area contributed by atoms with Gasteiger partial charge >= 0.3 is 0 Å². The van der Waals surface area contributed by atoms with E-state index < -0.39 is 0 Å². The maximum atomic E-state index is 12.9. The lowest BCUT2D eigenvalue weighted by Crippen LogP contribution is -2.38. The average Bonchev–Trinajstić information content (AvgIpc) is 3.16. The van der Waals surface area contributed by atoms with Gasteiger partial charge in [0.25, 0.3) is 0 Å². The second-order valence-corrected chi connectivity index (χ2v) is 7.20. The molecule has 3 aromatic rings.